The predicted molar refractivity (Wildman–Crippen MR) is 118 cm³/mol. The molecular formula is C20H22Cl2N6O. The highest BCUT2D eigenvalue weighted by Gasteiger charge is 2.21. The average molecular weight is 433 g/mol. The van der Waals surface area contributed by atoms with Gasteiger partial charge in [-0.3, -0.25) is 4.99 Å². The molecule has 2 aliphatic rings. The molecule has 0 amide bonds. The first-order chi connectivity index (χ1) is 14.1. The van der Waals surface area contributed by atoms with Crippen LogP contribution in [0, 0.1) is 5.92 Å². The maximum atomic E-state index is 9.67. The van der Waals surface area contributed by atoms with Gasteiger partial charge in [-0.2, -0.15) is 0 Å². The molecule has 3 N–H and O–H groups in total. The summed E-state index contributed by atoms with van der Waals surface area (Å²) in [7, 11) is 0. The second-order valence-electron chi connectivity index (χ2n) is 7.13. The van der Waals surface area contributed by atoms with E-state index in [2.05, 4.69) is 30.7 Å². The molecule has 0 saturated carbocycles. The lowest BCUT2D eigenvalue weighted by Crippen LogP contribution is -2.41. The molecule has 29 heavy (non-hydrogen) atoms. The third kappa shape index (κ3) is 4.63. The number of fused-ring (bicyclic) bond motifs is 1. The predicted octanol–water partition coefficient (Wildman–Crippen LogP) is 3.75. The molecule has 2 aromatic rings. The average Bonchev–Trinajstić information content (AvgIpc) is 2.69. The van der Waals surface area contributed by atoms with Crippen molar-refractivity contribution in [3.05, 3.63) is 51.8 Å². The monoisotopic (exact) mass is 432 g/mol. The first-order valence-corrected chi connectivity index (χ1v) is 10.3. The highest BCUT2D eigenvalue weighted by molar-refractivity contribution is 6.33. The molecule has 1 fully saturated rings. The number of aromatic nitrogens is 2. The van der Waals surface area contributed by atoms with Gasteiger partial charge in [0.15, 0.2) is 5.82 Å². The zero-order valence-electron chi connectivity index (χ0n) is 15.8. The number of nitrogens with zero attached hydrogens (tertiary/aromatic N) is 4. The van der Waals surface area contributed by atoms with Gasteiger partial charge in [-0.25, -0.2) is 0 Å². The van der Waals surface area contributed by atoms with Gasteiger partial charge in [0, 0.05) is 35.9 Å². The number of aliphatic imine (C=N–C) groups is 1. The van der Waals surface area contributed by atoms with E-state index < -0.39 is 0 Å². The van der Waals surface area contributed by atoms with E-state index in [1.807, 2.05) is 18.3 Å². The highest BCUT2D eigenvalue weighted by atomic mass is 35.5. The molecule has 1 aromatic heterocycles. The van der Waals surface area contributed by atoms with Crippen LogP contribution in [-0.2, 0) is 6.54 Å². The zero-order valence-corrected chi connectivity index (χ0v) is 17.3. The maximum Gasteiger partial charge on any atom is 0.172 e. The van der Waals surface area contributed by atoms with Gasteiger partial charge in [0.25, 0.3) is 0 Å². The molecule has 7 nitrogen and oxygen atoms in total. The highest BCUT2D eigenvalue weighted by Crippen LogP contribution is 2.32. The van der Waals surface area contributed by atoms with Gasteiger partial charge in [0.05, 0.1) is 5.69 Å². The molecule has 1 saturated heterocycles. The number of rotatable bonds is 6. The molecular weight excluding hydrogens is 411 g/mol. The van der Waals surface area contributed by atoms with Gasteiger partial charge in [-0.1, -0.05) is 23.2 Å². The fraction of sp³-hybridized carbons (Fsp3) is 0.350. The Morgan fingerprint density at radius 1 is 1.28 bits per heavy atom. The minimum atomic E-state index is 0.388. The van der Waals surface area contributed by atoms with E-state index in [1.54, 1.807) is 12.1 Å². The number of anilines is 2. The van der Waals surface area contributed by atoms with E-state index in [1.165, 1.54) is 0 Å². The van der Waals surface area contributed by atoms with E-state index >= 15 is 0 Å². The second-order valence-corrected chi connectivity index (χ2v) is 7.98. The molecule has 4 rings (SSSR count). The third-order valence-corrected chi connectivity index (χ3v) is 5.68. The minimum absolute atomic E-state index is 0.388. The Balaban J connectivity index is 1.56. The van der Waals surface area contributed by atoms with Gasteiger partial charge < -0.3 is 20.6 Å². The van der Waals surface area contributed by atoms with Crippen LogP contribution < -0.4 is 15.5 Å². The molecule has 0 radical (unpaired) electrons. The molecule has 9 heteroatoms. The fourth-order valence-corrected chi connectivity index (χ4v) is 3.69. The molecule has 0 unspecified atom stereocenters. The lowest BCUT2D eigenvalue weighted by molar-refractivity contribution is 0.361. The summed E-state index contributed by atoms with van der Waals surface area (Å²) in [5.74, 6) is 1.30. The van der Waals surface area contributed by atoms with Crippen LogP contribution in [-0.4, -0.2) is 47.7 Å². The van der Waals surface area contributed by atoms with Crippen molar-refractivity contribution in [2.45, 2.75) is 13.0 Å². The Kier molecular flexibility index (Phi) is 6.18. The van der Waals surface area contributed by atoms with Crippen LogP contribution in [0.25, 0.3) is 5.70 Å². The SMILES string of the molecule is O/C=C(\N=CCC1CNC1)c1cc2c(nn1)NCCN2Cc1cc(Cl)ccc1Cl. The van der Waals surface area contributed by atoms with Crippen molar-refractivity contribution in [1.29, 1.82) is 0 Å². The number of aliphatic hydroxyl groups is 1. The van der Waals surface area contributed by atoms with Gasteiger partial charge in [-0.05, 0) is 55.3 Å². The van der Waals surface area contributed by atoms with Gasteiger partial charge in [0.2, 0.25) is 0 Å². The summed E-state index contributed by atoms with van der Waals surface area (Å²) in [6, 6.07) is 7.34. The molecule has 0 atom stereocenters. The normalized spacial score (nSPS) is 17.2. The van der Waals surface area contributed by atoms with Crippen LogP contribution in [0.4, 0.5) is 11.5 Å². The Bertz CT molecular complexity index is 945. The second kappa shape index (κ2) is 8.98. The molecule has 2 aliphatic heterocycles. The van der Waals surface area contributed by atoms with Crippen LogP contribution in [0.1, 0.15) is 17.7 Å². The standard InChI is InChI=1S/C20H22Cl2N6O/c21-15-1-2-16(22)14(7-15)11-28-6-5-25-20-19(28)8-17(26-27-20)18(12-29)24-4-3-13-9-23-10-13/h1-2,4,7-8,12-13,23,29H,3,5-6,9-11H2,(H,25,27)/b18-12-,24-4?. The molecule has 0 bridgehead atoms. The summed E-state index contributed by atoms with van der Waals surface area (Å²) in [6.45, 7) is 4.13. The van der Waals surface area contributed by atoms with E-state index in [9.17, 15) is 5.11 Å². The molecule has 152 valence electrons. The minimum Gasteiger partial charge on any atom is -0.513 e. The van der Waals surface area contributed by atoms with Crippen molar-refractivity contribution in [2.24, 2.45) is 10.9 Å². The summed E-state index contributed by atoms with van der Waals surface area (Å²) >= 11 is 12.5. The lowest BCUT2D eigenvalue weighted by Gasteiger charge is -2.31. The van der Waals surface area contributed by atoms with Gasteiger partial charge in [-0.15, -0.1) is 10.2 Å². The van der Waals surface area contributed by atoms with Crippen LogP contribution in [0.2, 0.25) is 10.0 Å². The summed E-state index contributed by atoms with van der Waals surface area (Å²) in [4.78, 5) is 6.56. The first-order valence-electron chi connectivity index (χ1n) is 9.52. The van der Waals surface area contributed by atoms with E-state index in [4.69, 9.17) is 23.2 Å². The topological polar surface area (TPSA) is 85.7 Å². The van der Waals surface area contributed by atoms with Crippen LogP contribution in [0.15, 0.2) is 35.5 Å². The summed E-state index contributed by atoms with van der Waals surface area (Å²) in [5.41, 5.74) is 2.73. The van der Waals surface area contributed by atoms with Crippen molar-refractivity contribution in [3.63, 3.8) is 0 Å². The van der Waals surface area contributed by atoms with E-state index in [-0.39, 0.29) is 0 Å². The van der Waals surface area contributed by atoms with Crippen LogP contribution in [0.5, 0.6) is 0 Å². The molecule has 3 heterocycles. The summed E-state index contributed by atoms with van der Waals surface area (Å²) in [6.07, 6.45) is 3.67. The number of hydrogen-bond acceptors (Lipinski definition) is 7. The fourth-order valence-electron chi connectivity index (χ4n) is 3.32. The van der Waals surface area contributed by atoms with Crippen LogP contribution in [0.3, 0.4) is 0 Å². The van der Waals surface area contributed by atoms with Crippen molar-refractivity contribution < 1.29 is 5.11 Å². The smallest absolute Gasteiger partial charge is 0.172 e. The van der Waals surface area contributed by atoms with E-state index in [0.29, 0.717) is 39.7 Å². The third-order valence-electron chi connectivity index (χ3n) is 5.08. The number of hydrogen-bond donors (Lipinski definition) is 3. The lowest BCUT2D eigenvalue weighted by atomic mass is 10.0. The zero-order chi connectivity index (χ0) is 20.2. The molecule has 1 aromatic carbocycles. The Morgan fingerprint density at radius 3 is 2.90 bits per heavy atom. The van der Waals surface area contributed by atoms with E-state index in [0.717, 1.165) is 50.1 Å². The summed E-state index contributed by atoms with van der Waals surface area (Å²) < 4.78 is 0. The van der Waals surface area contributed by atoms with Gasteiger partial charge >= 0.3 is 0 Å². The number of nitrogens with one attached hydrogen (secondary N) is 2. The Morgan fingerprint density at radius 2 is 2.14 bits per heavy atom. The van der Waals surface area contributed by atoms with Crippen molar-refractivity contribution >= 4 is 46.6 Å². The van der Waals surface area contributed by atoms with Crippen molar-refractivity contribution in [1.82, 2.24) is 15.5 Å². The van der Waals surface area contributed by atoms with Crippen LogP contribution >= 0.6 is 23.2 Å². The maximum absolute atomic E-state index is 9.67. The quantitative estimate of drug-likeness (QED) is 0.475. The number of halogens is 2. The Hall–Kier alpha value is -2.35. The Labute approximate surface area is 179 Å². The number of benzene rings is 1. The molecule has 0 spiro atoms. The largest absolute Gasteiger partial charge is 0.513 e. The van der Waals surface area contributed by atoms with Gasteiger partial charge in [0.1, 0.15) is 17.7 Å². The van der Waals surface area contributed by atoms with Crippen molar-refractivity contribution in [2.75, 3.05) is 36.4 Å². The first kappa shape index (κ1) is 19.9. The molecule has 0 aliphatic carbocycles. The van der Waals surface area contributed by atoms with Crippen molar-refractivity contribution in [3.8, 4) is 0 Å². The number of aliphatic hydroxyl groups excluding tert-OH is 1. The summed E-state index contributed by atoms with van der Waals surface area (Å²) in [5, 5.41) is 26.0.